The molecule has 2 aromatic heterocycles. The molecule has 1 aliphatic rings. The molecule has 0 radical (unpaired) electrons. The van der Waals surface area contributed by atoms with Crippen LogP contribution < -0.4 is 10.5 Å². The Balaban J connectivity index is 1.97. The first-order chi connectivity index (χ1) is 10.2. The third kappa shape index (κ3) is 2.68. The molecule has 1 fully saturated rings. The normalized spacial score (nSPS) is 18.4. The van der Waals surface area contributed by atoms with Crippen molar-refractivity contribution in [1.82, 2.24) is 14.8 Å². The van der Waals surface area contributed by atoms with E-state index in [1.54, 1.807) is 6.20 Å². The van der Waals surface area contributed by atoms with Crippen LogP contribution in [0.25, 0.3) is 0 Å². The molecule has 1 atom stereocenters. The van der Waals surface area contributed by atoms with Gasteiger partial charge < -0.3 is 9.88 Å². The van der Waals surface area contributed by atoms with Crippen molar-refractivity contribution < 1.29 is 4.39 Å². The molecule has 1 aliphatic heterocycles. The van der Waals surface area contributed by atoms with E-state index in [9.17, 15) is 9.18 Å². The molecule has 2 aromatic rings. The van der Waals surface area contributed by atoms with E-state index in [-0.39, 0.29) is 11.6 Å². The minimum absolute atomic E-state index is 0.129. The lowest BCUT2D eigenvalue weighted by atomic mass is 10.1. The van der Waals surface area contributed by atoms with E-state index in [2.05, 4.69) is 15.0 Å². The number of aryl methyl sites for hydroxylation is 1. The van der Waals surface area contributed by atoms with E-state index in [1.165, 1.54) is 6.07 Å². The van der Waals surface area contributed by atoms with Crippen molar-refractivity contribution in [3.05, 3.63) is 46.3 Å². The molecule has 0 saturated carbocycles. The quantitative estimate of drug-likeness (QED) is 0.882. The summed E-state index contributed by atoms with van der Waals surface area (Å²) >= 11 is 5.79. The molecule has 0 amide bonds. The number of rotatable bonds is 4. The number of anilines is 1. The number of H-pyrrole nitrogens is 1. The third-order valence-electron chi connectivity index (χ3n) is 3.79. The summed E-state index contributed by atoms with van der Waals surface area (Å²) < 4.78 is 15.3. The molecular formula is C14H16ClFN4O. The first-order valence-corrected chi connectivity index (χ1v) is 7.46. The number of hydrogen-bond donors (Lipinski definition) is 1. The second-order valence-electron chi connectivity index (χ2n) is 5.06. The van der Waals surface area contributed by atoms with Gasteiger partial charge in [0.25, 0.3) is 5.56 Å². The average Bonchev–Trinajstić information content (AvgIpc) is 3.10. The Hall–Kier alpha value is -1.82. The fraction of sp³-hybridized carbons (Fsp3) is 0.429. The highest BCUT2D eigenvalue weighted by atomic mass is 35.5. The van der Waals surface area contributed by atoms with Crippen molar-refractivity contribution in [2.24, 2.45) is 0 Å². The van der Waals surface area contributed by atoms with Gasteiger partial charge in [-0.15, -0.1) is 11.6 Å². The number of nitrogens with zero attached hydrogens (tertiary/aromatic N) is 3. The van der Waals surface area contributed by atoms with Gasteiger partial charge in [-0.3, -0.25) is 4.79 Å². The van der Waals surface area contributed by atoms with Gasteiger partial charge in [-0.2, -0.15) is 5.10 Å². The van der Waals surface area contributed by atoms with Gasteiger partial charge in [0.05, 0.1) is 18.8 Å². The van der Waals surface area contributed by atoms with E-state index in [0.717, 1.165) is 31.4 Å². The number of nitrogens with one attached hydrogen (secondary N) is 1. The second-order valence-corrected chi connectivity index (χ2v) is 5.43. The largest absolute Gasteiger partial charge is 0.350 e. The monoisotopic (exact) mass is 310 g/mol. The van der Waals surface area contributed by atoms with Gasteiger partial charge in [0, 0.05) is 30.3 Å². The van der Waals surface area contributed by atoms with Crippen LogP contribution >= 0.6 is 11.6 Å². The summed E-state index contributed by atoms with van der Waals surface area (Å²) in [7, 11) is 0. The van der Waals surface area contributed by atoms with Crippen LogP contribution in [0, 0.1) is 5.82 Å². The molecule has 21 heavy (non-hydrogen) atoms. The third-order valence-corrected chi connectivity index (χ3v) is 3.96. The molecule has 0 aliphatic carbocycles. The van der Waals surface area contributed by atoms with Crippen LogP contribution in [0.3, 0.4) is 0 Å². The van der Waals surface area contributed by atoms with E-state index in [4.69, 9.17) is 11.6 Å². The summed E-state index contributed by atoms with van der Waals surface area (Å²) in [5.41, 5.74) is 0.225. The number of hydrogen-bond acceptors (Lipinski definition) is 3. The Kier molecular flexibility index (Phi) is 3.96. The van der Waals surface area contributed by atoms with Crippen molar-refractivity contribution >= 4 is 17.4 Å². The van der Waals surface area contributed by atoms with E-state index in [0.29, 0.717) is 18.0 Å². The van der Waals surface area contributed by atoms with Crippen LogP contribution in [0.5, 0.6) is 0 Å². The summed E-state index contributed by atoms with van der Waals surface area (Å²) in [6.45, 7) is 1.42. The van der Waals surface area contributed by atoms with Crippen molar-refractivity contribution in [2.75, 3.05) is 17.3 Å². The van der Waals surface area contributed by atoms with Crippen molar-refractivity contribution in [3.8, 4) is 0 Å². The zero-order valence-corrected chi connectivity index (χ0v) is 12.2. The molecule has 3 rings (SSSR count). The summed E-state index contributed by atoms with van der Waals surface area (Å²) in [5, 5.41) is 4.25. The molecular weight excluding hydrogens is 295 g/mol. The summed E-state index contributed by atoms with van der Waals surface area (Å²) in [6, 6.07) is 3.10. The van der Waals surface area contributed by atoms with Crippen LogP contribution in [-0.4, -0.2) is 27.2 Å². The highest BCUT2D eigenvalue weighted by Gasteiger charge is 2.30. The Labute approximate surface area is 126 Å². The van der Waals surface area contributed by atoms with Gasteiger partial charge in [-0.25, -0.2) is 9.07 Å². The molecule has 112 valence electrons. The molecule has 0 aromatic carbocycles. The Bertz CT molecular complexity index is 684. The lowest BCUT2D eigenvalue weighted by Crippen LogP contribution is -2.29. The van der Waals surface area contributed by atoms with Crippen LogP contribution in [0.4, 0.5) is 10.2 Å². The SMILES string of the molecule is O=c1[nH]cc(F)cc1C1CCCN1c1ccnn1CCCl. The topological polar surface area (TPSA) is 53.9 Å². The molecule has 0 spiro atoms. The molecule has 1 saturated heterocycles. The highest BCUT2D eigenvalue weighted by Crippen LogP contribution is 2.34. The number of alkyl halides is 1. The van der Waals surface area contributed by atoms with E-state index >= 15 is 0 Å². The molecule has 1 N–H and O–H groups in total. The molecule has 1 unspecified atom stereocenters. The van der Waals surface area contributed by atoms with Gasteiger partial charge in [0.2, 0.25) is 0 Å². The molecule has 0 bridgehead atoms. The lowest BCUT2D eigenvalue weighted by Gasteiger charge is -2.26. The van der Waals surface area contributed by atoms with Crippen LogP contribution in [0.1, 0.15) is 24.4 Å². The van der Waals surface area contributed by atoms with E-state index in [1.807, 2.05) is 10.7 Å². The first-order valence-electron chi connectivity index (χ1n) is 6.93. The number of halogens is 2. The smallest absolute Gasteiger partial charge is 0.253 e. The van der Waals surface area contributed by atoms with Gasteiger partial charge in [0.1, 0.15) is 11.6 Å². The van der Waals surface area contributed by atoms with Gasteiger partial charge in [0.15, 0.2) is 0 Å². The van der Waals surface area contributed by atoms with Crippen LogP contribution in [0.2, 0.25) is 0 Å². The van der Waals surface area contributed by atoms with Crippen LogP contribution in [0.15, 0.2) is 29.3 Å². The van der Waals surface area contributed by atoms with Gasteiger partial charge in [-0.05, 0) is 18.9 Å². The Morgan fingerprint density at radius 2 is 2.38 bits per heavy atom. The minimum atomic E-state index is -0.425. The summed E-state index contributed by atoms with van der Waals surface area (Å²) in [4.78, 5) is 16.5. The molecule has 7 heteroatoms. The standard InChI is InChI=1S/C14H16ClFN4O/c15-4-7-20-13(3-5-18-20)19-6-1-2-12(19)11-8-10(16)9-17-14(11)21/h3,5,8-9,12H,1-2,4,6-7H2,(H,17,21). The summed E-state index contributed by atoms with van der Waals surface area (Å²) in [5.74, 6) is 0.959. The minimum Gasteiger partial charge on any atom is -0.350 e. The number of pyridine rings is 1. The zero-order chi connectivity index (χ0) is 14.8. The van der Waals surface area contributed by atoms with Crippen LogP contribution in [-0.2, 0) is 6.54 Å². The van der Waals surface area contributed by atoms with Crippen molar-refractivity contribution in [3.63, 3.8) is 0 Å². The number of aromatic nitrogens is 3. The van der Waals surface area contributed by atoms with Crippen molar-refractivity contribution in [1.29, 1.82) is 0 Å². The molecule has 3 heterocycles. The Morgan fingerprint density at radius 3 is 3.19 bits per heavy atom. The Morgan fingerprint density at radius 1 is 1.52 bits per heavy atom. The second kappa shape index (κ2) is 5.89. The fourth-order valence-corrected chi connectivity index (χ4v) is 3.07. The predicted molar refractivity (Wildman–Crippen MR) is 79.3 cm³/mol. The summed E-state index contributed by atoms with van der Waals surface area (Å²) in [6.07, 6.45) is 4.57. The van der Waals surface area contributed by atoms with Gasteiger partial charge >= 0.3 is 0 Å². The van der Waals surface area contributed by atoms with E-state index < -0.39 is 5.82 Å². The lowest BCUT2D eigenvalue weighted by molar-refractivity contribution is 0.598. The zero-order valence-electron chi connectivity index (χ0n) is 11.4. The fourth-order valence-electron chi connectivity index (χ4n) is 2.91. The predicted octanol–water partition coefficient (Wildman–Crippen LogP) is 2.29. The molecule has 5 nitrogen and oxygen atoms in total. The first kappa shape index (κ1) is 14.1. The van der Waals surface area contributed by atoms with Crippen molar-refractivity contribution in [2.45, 2.75) is 25.4 Å². The maximum Gasteiger partial charge on any atom is 0.253 e. The average molecular weight is 311 g/mol. The maximum absolute atomic E-state index is 13.4. The maximum atomic E-state index is 13.4. The van der Waals surface area contributed by atoms with Gasteiger partial charge in [-0.1, -0.05) is 0 Å². The highest BCUT2D eigenvalue weighted by molar-refractivity contribution is 6.17. The number of aromatic amines is 1.